The topological polar surface area (TPSA) is 61.0 Å². The number of nitrogens with two attached hydrogens (primary N) is 1. The van der Waals surface area contributed by atoms with Gasteiger partial charge in [-0.15, -0.1) is 0 Å². The molecule has 1 aromatic rings. The molecule has 0 aliphatic heterocycles. The van der Waals surface area contributed by atoms with E-state index < -0.39 is 0 Å². The molecule has 0 amide bonds. The van der Waals surface area contributed by atoms with Crippen molar-refractivity contribution in [2.75, 3.05) is 7.11 Å². The monoisotopic (exact) mass is 207 g/mol. The number of aromatic nitrogens is 2. The summed E-state index contributed by atoms with van der Waals surface area (Å²) >= 11 is 0. The standard InChI is InChI=1S/C11H17N3O/c1-7(12)5-9-10(15-2)6-13-11(14-9)8-3-4-8/h6-8H,3-5,12H2,1-2H3. The Labute approximate surface area is 89.9 Å². The molecular formula is C11H17N3O. The van der Waals surface area contributed by atoms with Gasteiger partial charge >= 0.3 is 0 Å². The van der Waals surface area contributed by atoms with Crippen LogP contribution in [0.1, 0.15) is 37.2 Å². The first-order valence-electron chi connectivity index (χ1n) is 5.36. The molecule has 0 saturated heterocycles. The molecule has 1 heterocycles. The lowest BCUT2D eigenvalue weighted by atomic mass is 10.2. The Morgan fingerprint density at radius 2 is 2.33 bits per heavy atom. The summed E-state index contributed by atoms with van der Waals surface area (Å²) in [5.74, 6) is 2.27. The Kier molecular flexibility index (Phi) is 2.86. The van der Waals surface area contributed by atoms with Crippen molar-refractivity contribution in [3.8, 4) is 5.75 Å². The number of hydrogen-bond donors (Lipinski definition) is 1. The molecule has 82 valence electrons. The molecule has 1 aliphatic rings. The summed E-state index contributed by atoms with van der Waals surface area (Å²) in [4.78, 5) is 8.83. The van der Waals surface area contributed by atoms with E-state index in [1.807, 2.05) is 6.92 Å². The Bertz CT molecular complexity index is 348. The van der Waals surface area contributed by atoms with Gasteiger partial charge in [0.05, 0.1) is 19.0 Å². The van der Waals surface area contributed by atoms with E-state index in [2.05, 4.69) is 9.97 Å². The molecule has 0 aromatic carbocycles. The van der Waals surface area contributed by atoms with Gasteiger partial charge in [0, 0.05) is 18.4 Å². The van der Waals surface area contributed by atoms with Gasteiger partial charge in [-0.25, -0.2) is 9.97 Å². The second-order valence-corrected chi connectivity index (χ2v) is 4.20. The van der Waals surface area contributed by atoms with E-state index in [0.29, 0.717) is 5.92 Å². The highest BCUT2D eigenvalue weighted by Gasteiger charge is 2.27. The molecule has 2 rings (SSSR count). The van der Waals surface area contributed by atoms with E-state index in [4.69, 9.17) is 10.5 Å². The largest absolute Gasteiger partial charge is 0.493 e. The van der Waals surface area contributed by atoms with Crippen LogP contribution in [0.2, 0.25) is 0 Å². The van der Waals surface area contributed by atoms with Gasteiger partial charge in [-0.05, 0) is 19.8 Å². The van der Waals surface area contributed by atoms with Crippen LogP contribution < -0.4 is 10.5 Å². The highest BCUT2D eigenvalue weighted by molar-refractivity contribution is 5.27. The average molecular weight is 207 g/mol. The molecule has 1 aliphatic carbocycles. The second kappa shape index (κ2) is 4.14. The third kappa shape index (κ3) is 2.45. The third-order valence-corrected chi connectivity index (χ3v) is 2.53. The normalized spacial score (nSPS) is 17.5. The van der Waals surface area contributed by atoms with Crippen LogP contribution in [-0.4, -0.2) is 23.1 Å². The zero-order chi connectivity index (χ0) is 10.8. The smallest absolute Gasteiger partial charge is 0.158 e. The van der Waals surface area contributed by atoms with Crippen LogP contribution in [0.15, 0.2) is 6.20 Å². The highest BCUT2D eigenvalue weighted by Crippen LogP contribution is 2.38. The van der Waals surface area contributed by atoms with Gasteiger partial charge in [-0.2, -0.15) is 0 Å². The van der Waals surface area contributed by atoms with Crippen molar-refractivity contribution in [2.45, 2.75) is 38.1 Å². The fourth-order valence-electron chi connectivity index (χ4n) is 1.58. The van der Waals surface area contributed by atoms with Crippen LogP contribution in [-0.2, 0) is 6.42 Å². The summed E-state index contributed by atoms with van der Waals surface area (Å²) in [5.41, 5.74) is 6.71. The SMILES string of the molecule is COc1cnc(C2CC2)nc1CC(C)N. The van der Waals surface area contributed by atoms with E-state index in [-0.39, 0.29) is 6.04 Å². The van der Waals surface area contributed by atoms with E-state index in [1.165, 1.54) is 12.8 Å². The number of methoxy groups -OCH3 is 1. The lowest BCUT2D eigenvalue weighted by molar-refractivity contribution is 0.402. The fraction of sp³-hybridized carbons (Fsp3) is 0.636. The van der Waals surface area contributed by atoms with Gasteiger partial charge in [-0.1, -0.05) is 0 Å². The zero-order valence-electron chi connectivity index (χ0n) is 9.23. The number of rotatable bonds is 4. The molecule has 1 fully saturated rings. The summed E-state index contributed by atoms with van der Waals surface area (Å²) in [5, 5.41) is 0. The molecule has 1 aromatic heterocycles. The lowest BCUT2D eigenvalue weighted by Gasteiger charge is -2.10. The predicted molar refractivity (Wildman–Crippen MR) is 57.9 cm³/mol. The molecule has 4 heteroatoms. The van der Waals surface area contributed by atoms with Crippen molar-refractivity contribution in [2.24, 2.45) is 5.73 Å². The van der Waals surface area contributed by atoms with Crippen LogP contribution in [0.3, 0.4) is 0 Å². The van der Waals surface area contributed by atoms with Crippen molar-refractivity contribution < 1.29 is 4.74 Å². The molecule has 1 unspecified atom stereocenters. The van der Waals surface area contributed by atoms with E-state index in [1.54, 1.807) is 13.3 Å². The van der Waals surface area contributed by atoms with Crippen molar-refractivity contribution in [1.29, 1.82) is 0 Å². The number of hydrogen-bond acceptors (Lipinski definition) is 4. The van der Waals surface area contributed by atoms with Crippen molar-refractivity contribution in [3.05, 3.63) is 17.7 Å². The van der Waals surface area contributed by atoms with Crippen LogP contribution in [0.4, 0.5) is 0 Å². The van der Waals surface area contributed by atoms with Crippen molar-refractivity contribution >= 4 is 0 Å². The third-order valence-electron chi connectivity index (χ3n) is 2.53. The summed E-state index contributed by atoms with van der Waals surface area (Å²) in [6.45, 7) is 1.97. The van der Waals surface area contributed by atoms with Crippen LogP contribution in [0, 0.1) is 0 Å². The first-order valence-corrected chi connectivity index (χ1v) is 5.36. The minimum atomic E-state index is 0.0980. The van der Waals surface area contributed by atoms with Crippen LogP contribution in [0.25, 0.3) is 0 Å². The van der Waals surface area contributed by atoms with Crippen molar-refractivity contribution in [1.82, 2.24) is 9.97 Å². The molecule has 1 saturated carbocycles. The fourth-order valence-corrected chi connectivity index (χ4v) is 1.58. The molecule has 4 nitrogen and oxygen atoms in total. The van der Waals surface area contributed by atoms with Crippen molar-refractivity contribution in [3.63, 3.8) is 0 Å². The van der Waals surface area contributed by atoms with Gasteiger partial charge in [-0.3, -0.25) is 0 Å². The second-order valence-electron chi connectivity index (χ2n) is 4.20. The quantitative estimate of drug-likeness (QED) is 0.807. The average Bonchev–Trinajstić information content (AvgIpc) is 3.00. The van der Waals surface area contributed by atoms with E-state index in [9.17, 15) is 0 Å². The first kappa shape index (κ1) is 10.4. The van der Waals surface area contributed by atoms with E-state index >= 15 is 0 Å². The molecule has 0 bridgehead atoms. The molecular weight excluding hydrogens is 190 g/mol. The maximum Gasteiger partial charge on any atom is 0.158 e. The summed E-state index contributed by atoms with van der Waals surface area (Å²) in [6.07, 6.45) is 4.93. The van der Waals surface area contributed by atoms with Gasteiger partial charge in [0.2, 0.25) is 0 Å². The molecule has 0 radical (unpaired) electrons. The molecule has 1 atom stereocenters. The first-order chi connectivity index (χ1) is 7.20. The Balaban J connectivity index is 2.25. The Morgan fingerprint density at radius 1 is 1.60 bits per heavy atom. The van der Waals surface area contributed by atoms with Gasteiger partial charge in [0.25, 0.3) is 0 Å². The number of nitrogens with zero attached hydrogens (tertiary/aromatic N) is 2. The van der Waals surface area contributed by atoms with Crippen LogP contribution >= 0.6 is 0 Å². The molecule has 0 spiro atoms. The predicted octanol–water partition coefficient (Wildman–Crippen LogP) is 1.25. The highest BCUT2D eigenvalue weighted by atomic mass is 16.5. The summed E-state index contributed by atoms with van der Waals surface area (Å²) in [7, 11) is 1.64. The minimum absolute atomic E-state index is 0.0980. The van der Waals surface area contributed by atoms with Crippen LogP contribution in [0.5, 0.6) is 5.75 Å². The maximum absolute atomic E-state index is 5.77. The Morgan fingerprint density at radius 3 is 2.87 bits per heavy atom. The Hall–Kier alpha value is -1.16. The molecule has 2 N–H and O–H groups in total. The lowest BCUT2D eigenvalue weighted by Crippen LogP contribution is -2.19. The zero-order valence-corrected chi connectivity index (χ0v) is 9.23. The molecule has 15 heavy (non-hydrogen) atoms. The van der Waals surface area contributed by atoms with Gasteiger partial charge in [0.1, 0.15) is 5.82 Å². The van der Waals surface area contributed by atoms with Gasteiger partial charge < -0.3 is 10.5 Å². The number of ether oxygens (including phenoxy) is 1. The van der Waals surface area contributed by atoms with Gasteiger partial charge in [0.15, 0.2) is 5.75 Å². The van der Waals surface area contributed by atoms with E-state index in [0.717, 1.165) is 23.7 Å². The summed E-state index contributed by atoms with van der Waals surface area (Å²) < 4.78 is 5.22. The maximum atomic E-state index is 5.77. The summed E-state index contributed by atoms with van der Waals surface area (Å²) in [6, 6.07) is 0.0980. The minimum Gasteiger partial charge on any atom is -0.493 e.